The van der Waals surface area contributed by atoms with Gasteiger partial charge in [-0.1, -0.05) is 26.7 Å². The number of rotatable bonds is 7. The molecule has 1 aliphatic heterocycles. The molecule has 0 aromatic rings. The fourth-order valence-corrected chi connectivity index (χ4v) is 2.40. The molecule has 6 heteroatoms. The number of carbonyl (C=O) groups is 2. The molecular formula is C15H28N2O4. The van der Waals surface area contributed by atoms with Crippen LogP contribution in [-0.4, -0.2) is 54.4 Å². The van der Waals surface area contributed by atoms with Crippen LogP contribution < -0.4 is 5.32 Å². The molecule has 0 aliphatic carbocycles. The van der Waals surface area contributed by atoms with E-state index < -0.39 is 12.0 Å². The molecule has 21 heavy (non-hydrogen) atoms. The van der Waals surface area contributed by atoms with E-state index in [1.54, 1.807) is 0 Å². The van der Waals surface area contributed by atoms with Crippen LogP contribution in [0.3, 0.4) is 0 Å². The monoisotopic (exact) mass is 300 g/mol. The quantitative estimate of drug-likeness (QED) is 0.706. The van der Waals surface area contributed by atoms with Crippen molar-refractivity contribution in [1.82, 2.24) is 10.2 Å². The molecule has 2 amide bonds. The van der Waals surface area contributed by atoms with E-state index >= 15 is 0 Å². The van der Waals surface area contributed by atoms with Crippen LogP contribution in [0.25, 0.3) is 0 Å². The van der Waals surface area contributed by atoms with Crippen molar-refractivity contribution in [2.24, 2.45) is 5.92 Å². The number of urea groups is 1. The standard InChI is InChI=1S/C15H28N2O4/c1-12(2)11-21-10-6-8-16-15(20)17-9-5-3-4-7-13(17)14(18)19/h12-13H,3-11H2,1-2H3,(H,16,20)(H,18,19). The van der Waals surface area contributed by atoms with Crippen molar-refractivity contribution < 1.29 is 19.4 Å². The summed E-state index contributed by atoms with van der Waals surface area (Å²) in [5, 5.41) is 12.0. The number of aliphatic carboxylic acids is 1. The van der Waals surface area contributed by atoms with Gasteiger partial charge in [0.25, 0.3) is 0 Å². The molecule has 2 N–H and O–H groups in total. The first-order valence-electron chi connectivity index (χ1n) is 7.87. The summed E-state index contributed by atoms with van der Waals surface area (Å²) in [5.41, 5.74) is 0. The molecule has 1 heterocycles. The summed E-state index contributed by atoms with van der Waals surface area (Å²) in [6.45, 7) is 6.55. The average Bonchev–Trinajstić information content (AvgIpc) is 2.67. The molecule has 1 unspecified atom stereocenters. The van der Waals surface area contributed by atoms with E-state index in [1.165, 1.54) is 4.90 Å². The smallest absolute Gasteiger partial charge is 0.326 e. The number of carbonyl (C=O) groups excluding carboxylic acids is 1. The fraction of sp³-hybridized carbons (Fsp3) is 0.867. The van der Waals surface area contributed by atoms with Crippen LogP contribution in [0.5, 0.6) is 0 Å². The Bertz CT molecular complexity index is 334. The van der Waals surface area contributed by atoms with E-state index in [0.717, 1.165) is 32.3 Å². The van der Waals surface area contributed by atoms with Crippen molar-refractivity contribution in [3.63, 3.8) is 0 Å². The normalized spacial score (nSPS) is 19.4. The molecule has 1 atom stereocenters. The fourth-order valence-electron chi connectivity index (χ4n) is 2.40. The number of likely N-dealkylation sites (tertiary alicyclic amines) is 1. The summed E-state index contributed by atoms with van der Waals surface area (Å²) < 4.78 is 5.44. The minimum atomic E-state index is -0.910. The first-order chi connectivity index (χ1) is 10.0. The Morgan fingerprint density at radius 1 is 1.33 bits per heavy atom. The molecule has 1 saturated heterocycles. The summed E-state index contributed by atoms with van der Waals surface area (Å²) in [6, 6.07) is -0.960. The Hall–Kier alpha value is -1.30. The van der Waals surface area contributed by atoms with Gasteiger partial charge in [0.15, 0.2) is 0 Å². The summed E-state index contributed by atoms with van der Waals surface area (Å²) in [7, 11) is 0. The molecule has 0 bridgehead atoms. The number of carboxylic acid groups (broad SMARTS) is 1. The predicted octanol–water partition coefficient (Wildman–Crippen LogP) is 2.09. The van der Waals surface area contributed by atoms with Crippen LogP contribution in [0.2, 0.25) is 0 Å². The van der Waals surface area contributed by atoms with Gasteiger partial charge < -0.3 is 20.1 Å². The third-order valence-corrected chi connectivity index (χ3v) is 3.49. The topological polar surface area (TPSA) is 78.9 Å². The van der Waals surface area contributed by atoms with Crippen molar-refractivity contribution >= 4 is 12.0 Å². The summed E-state index contributed by atoms with van der Waals surface area (Å²) in [5.74, 6) is -0.402. The van der Waals surface area contributed by atoms with E-state index in [2.05, 4.69) is 19.2 Å². The third kappa shape index (κ3) is 6.80. The van der Waals surface area contributed by atoms with Gasteiger partial charge in [-0.05, 0) is 25.2 Å². The molecule has 122 valence electrons. The van der Waals surface area contributed by atoms with Gasteiger partial charge in [0.2, 0.25) is 0 Å². The highest BCUT2D eigenvalue weighted by molar-refractivity contribution is 5.82. The number of amides is 2. The lowest BCUT2D eigenvalue weighted by Crippen LogP contribution is -2.49. The number of hydrogen-bond acceptors (Lipinski definition) is 3. The van der Waals surface area contributed by atoms with Crippen molar-refractivity contribution in [3.05, 3.63) is 0 Å². The maximum atomic E-state index is 12.1. The van der Waals surface area contributed by atoms with Crippen LogP contribution in [-0.2, 0) is 9.53 Å². The number of carboxylic acids is 1. The van der Waals surface area contributed by atoms with Gasteiger partial charge in [0, 0.05) is 26.3 Å². The zero-order chi connectivity index (χ0) is 15.7. The second-order valence-electron chi connectivity index (χ2n) is 5.95. The van der Waals surface area contributed by atoms with E-state index in [0.29, 0.717) is 32.0 Å². The summed E-state index contributed by atoms with van der Waals surface area (Å²) >= 11 is 0. The summed E-state index contributed by atoms with van der Waals surface area (Å²) in [4.78, 5) is 24.8. The van der Waals surface area contributed by atoms with Crippen LogP contribution in [0, 0.1) is 5.92 Å². The number of nitrogens with zero attached hydrogens (tertiary/aromatic N) is 1. The van der Waals surface area contributed by atoms with Gasteiger partial charge in [0.1, 0.15) is 6.04 Å². The van der Waals surface area contributed by atoms with E-state index in [-0.39, 0.29) is 6.03 Å². The molecule has 0 aromatic heterocycles. The van der Waals surface area contributed by atoms with E-state index in [4.69, 9.17) is 4.74 Å². The van der Waals surface area contributed by atoms with Gasteiger partial charge in [-0.15, -0.1) is 0 Å². The van der Waals surface area contributed by atoms with Crippen LogP contribution in [0.1, 0.15) is 46.0 Å². The summed E-state index contributed by atoms with van der Waals surface area (Å²) in [6.07, 6.45) is 4.00. The SMILES string of the molecule is CC(C)COCCCNC(=O)N1CCCCCC1C(=O)O. The molecule has 0 aromatic carbocycles. The first kappa shape index (κ1) is 17.8. The lowest BCUT2D eigenvalue weighted by molar-refractivity contribution is -0.142. The first-order valence-corrected chi connectivity index (χ1v) is 7.87. The highest BCUT2D eigenvalue weighted by Crippen LogP contribution is 2.17. The molecule has 0 spiro atoms. The third-order valence-electron chi connectivity index (χ3n) is 3.49. The highest BCUT2D eigenvalue weighted by atomic mass is 16.5. The van der Waals surface area contributed by atoms with E-state index in [1.807, 2.05) is 0 Å². The molecule has 0 radical (unpaired) electrons. The van der Waals surface area contributed by atoms with Crippen molar-refractivity contribution in [3.8, 4) is 0 Å². The van der Waals surface area contributed by atoms with E-state index in [9.17, 15) is 14.7 Å². The maximum Gasteiger partial charge on any atom is 0.326 e. The average molecular weight is 300 g/mol. The van der Waals surface area contributed by atoms with Crippen molar-refractivity contribution in [2.75, 3.05) is 26.3 Å². The second-order valence-corrected chi connectivity index (χ2v) is 5.95. The lowest BCUT2D eigenvalue weighted by Gasteiger charge is -2.27. The number of hydrogen-bond donors (Lipinski definition) is 2. The lowest BCUT2D eigenvalue weighted by atomic mass is 10.1. The Labute approximate surface area is 126 Å². The minimum Gasteiger partial charge on any atom is -0.480 e. The predicted molar refractivity (Wildman–Crippen MR) is 80.3 cm³/mol. The molecular weight excluding hydrogens is 272 g/mol. The van der Waals surface area contributed by atoms with Gasteiger partial charge in [-0.25, -0.2) is 9.59 Å². The maximum absolute atomic E-state index is 12.1. The van der Waals surface area contributed by atoms with Crippen LogP contribution in [0.4, 0.5) is 4.79 Å². The highest BCUT2D eigenvalue weighted by Gasteiger charge is 2.30. The van der Waals surface area contributed by atoms with Gasteiger partial charge in [-0.2, -0.15) is 0 Å². The Morgan fingerprint density at radius 3 is 2.76 bits per heavy atom. The minimum absolute atomic E-state index is 0.270. The van der Waals surface area contributed by atoms with Crippen molar-refractivity contribution in [1.29, 1.82) is 0 Å². The molecule has 1 rings (SSSR count). The Balaban J connectivity index is 2.30. The molecule has 1 fully saturated rings. The van der Waals surface area contributed by atoms with Crippen molar-refractivity contribution in [2.45, 2.75) is 52.0 Å². The Morgan fingerprint density at radius 2 is 2.10 bits per heavy atom. The van der Waals surface area contributed by atoms with Gasteiger partial charge >= 0.3 is 12.0 Å². The number of nitrogens with one attached hydrogen (secondary N) is 1. The zero-order valence-corrected chi connectivity index (χ0v) is 13.1. The number of ether oxygens (including phenoxy) is 1. The van der Waals surface area contributed by atoms with Gasteiger partial charge in [0.05, 0.1) is 0 Å². The van der Waals surface area contributed by atoms with Gasteiger partial charge in [-0.3, -0.25) is 0 Å². The molecule has 0 saturated carbocycles. The van der Waals surface area contributed by atoms with Crippen LogP contribution >= 0.6 is 0 Å². The largest absolute Gasteiger partial charge is 0.480 e. The Kier molecular flexibility index (Phi) is 8.12. The molecule has 6 nitrogen and oxygen atoms in total. The van der Waals surface area contributed by atoms with Crippen LogP contribution in [0.15, 0.2) is 0 Å². The molecule has 1 aliphatic rings. The zero-order valence-electron chi connectivity index (χ0n) is 13.1. The second kappa shape index (κ2) is 9.60.